The van der Waals surface area contributed by atoms with Gasteiger partial charge in [-0.25, -0.2) is 4.57 Å². The summed E-state index contributed by atoms with van der Waals surface area (Å²) in [6, 6.07) is 2.83. The van der Waals surface area contributed by atoms with Crippen LogP contribution in [0.15, 0.2) is 29.7 Å². The van der Waals surface area contributed by atoms with E-state index in [2.05, 4.69) is 9.99 Å². The lowest BCUT2D eigenvalue weighted by Gasteiger charge is -2.07. The molecule has 0 aliphatic heterocycles. The highest BCUT2D eigenvalue weighted by Crippen LogP contribution is 2.21. The van der Waals surface area contributed by atoms with Gasteiger partial charge in [0.1, 0.15) is 14.2 Å². The standard InChI is InChI=1S/C9H10F3N2O.HI/c1-14-5-3-4-7(6-14)8(13-15-2)9(10,11)12;/h3-6H,1-2H3;1H/q+1;/p-1/b13-8-;. The van der Waals surface area contributed by atoms with Gasteiger partial charge in [-0.2, -0.15) is 13.2 Å². The topological polar surface area (TPSA) is 25.5 Å². The Kier molecular flexibility index (Phi) is 5.70. The van der Waals surface area contributed by atoms with Crippen LogP contribution in [0.3, 0.4) is 0 Å². The maximum atomic E-state index is 12.5. The van der Waals surface area contributed by atoms with Gasteiger partial charge in [0, 0.05) is 6.07 Å². The van der Waals surface area contributed by atoms with Crippen molar-refractivity contribution in [2.24, 2.45) is 12.2 Å². The Labute approximate surface area is 108 Å². The molecule has 1 heterocycles. The normalized spacial score (nSPS) is 11.9. The van der Waals surface area contributed by atoms with E-state index in [4.69, 9.17) is 0 Å². The fourth-order valence-corrected chi connectivity index (χ4v) is 1.09. The van der Waals surface area contributed by atoms with Gasteiger partial charge in [-0.3, -0.25) is 0 Å². The predicted molar refractivity (Wildman–Crippen MR) is 47.2 cm³/mol. The Morgan fingerprint density at radius 1 is 1.44 bits per heavy atom. The number of nitrogens with zero attached hydrogens (tertiary/aromatic N) is 2. The molecule has 0 aliphatic rings. The average Bonchev–Trinajstić information content (AvgIpc) is 2.12. The highest BCUT2D eigenvalue weighted by molar-refractivity contribution is 6.03. The molecule has 0 amide bonds. The molecule has 0 atom stereocenters. The number of hydrogen-bond donors (Lipinski definition) is 0. The van der Waals surface area contributed by atoms with Crippen molar-refractivity contribution in [2.75, 3.05) is 7.11 Å². The number of aryl methyl sites for hydroxylation is 1. The van der Waals surface area contributed by atoms with Gasteiger partial charge in [0.15, 0.2) is 18.1 Å². The minimum Gasteiger partial charge on any atom is -1.00 e. The van der Waals surface area contributed by atoms with Gasteiger partial charge < -0.3 is 28.8 Å². The second-order valence-corrected chi connectivity index (χ2v) is 2.88. The fraction of sp³-hybridized carbons (Fsp3) is 0.333. The molecule has 0 unspecified atom stereocenters. The van der Waals surface area contributed by atoms with E-state index in [1.54, 1.807) is 13.2 Å². The van der Waals surface area contributed by atoms with E-state index in [0.717, 1.165) is 7.11 Å². The number of hydrogen-bond acceptors (Lipinski definition) is 2. The maximum absolute atomic E-state index is 12.5. The SMILES string of the molecule is CO/N=C(/c1ccc[n+](C)c1)C(F)(F)F.[I-]. The highest BCUT2D eigenvalue weighted by Gasteiger charge is 2.38. The van der Waals surface area contributed by atoms with Crippen molar-refractivity contribution < 1.29 is 46.6 Å². The van der Waals surface area contributed by atoms with Crippen LogP contribution in [-0.2, 0) is 11.9 Å². The largest absolute Gasteiger partial charge is 1.00 e. The first-order chi connectivity index (χ1) is 6.95. The smallest absolute Gasteiger partial charge is 0.437 e. The summed E-state index contributed by atoms with van der Waals surface area (Å²) in [5.41, 5.74) is -1.07. The van der Waals surface area contributed by atoms with Gasteiger partial charge in [-0.05, 0) is 6.07 Å². The van der Waals surface area contributed by atoms with Crippen LogP contribution in [0.1, 0.15) is 5.56 Å². The first kappa shape index (κ1) is 15.1. The van der Waals surface area contributed by atoms with Gasteiger partial charge >= 0.3 is 6.18 Å². The summed E-state index contributed by atoms with van der Waals surface area (Å²) in [6.45, 7) is 0. The van der Waals surface area contributed by atoms with E-state index < -0.39 is 11.9 Å². The van der Waals surface area contributed by atoms with Gasteiger partial charge in [0.05, 0.1) is 5.56 Å². The molecule has 0 radical (unpaired) electrons. The first-order valence-corrected chi connectivity index (χ1v) is 4.09. The van der Waals surface area contributed by atoms with Gasteiger partial charge in [0.25, 0.3) is 0 Å². The summed E-state index contributed by atoms with van der Waals surface area (Å²) in [5, 5.41) is 2.99. The molecular weight excluding hydrogens is 336 g/mol. The van der Waals surface area contributed by atoms with Crippen molar-refractivity contribution in [3.8, 4) is 0 Å². The van der Waals surface area contributed by atoms with Crippen LogP contribution in [0.4, 0.5) is 13.2 Å². The molecule has 0 spiro atoms. The Morgan fingerprint density at radius 3 is 2.50 bits per heavy atom. The van der Waals surface area contributed by atoms with Gasteiger partial charge in [0.2, 0.25) is 0 Å². The minimum absolute atomic E-state index is 0. The van der Waals surface area contributed by atoms with E-state index in [1.165, 1.54) is 22.9 Å². The summed E-state index contributed by atoms with van der Waals surface area (Å²) in [6.07, 6.45) is -1.57. The first-order valence-electron chi connectivity index (χ1n) is 4.09. The van der Waals surface area contributed by atoms with Crippen LogP contribution in [-0.4, -0.2) is 19.0 Å². The highest BCUT2D eigenvalue weighted by atomic mass is 127. The lowest BCUT2D eigenvalue weighted by Crippen LogP contribution is -3.00. The second kappa shape index (κ2) is 6.02. The molecule has 1 aromatic heterocycles. The number of pyridine rings is 1. The van der Waals surface area contributed by atoms with E-state index in [0.29, 0.717) is 0 Å². The third-order valence-electron chi connectivity index (χ3n) is 1.66. The fourth-order valence-electron chi connectivity index (χ4n) is 1.09. The molecule has 0 saturated carbocycles. The summed E-state index contributed by atoms with van der Waals surface area (Å²) < 4.78 is 39.0. The zero-order valence-electron chi connectivity index (χ0n) is 8.62. The third-order valence-corrected chi connectivity index (χ3v) is 1.66. The van der Waals surface area contributed by atoms with Crippen molar-refractivity contribution in [3.05, 3.63) is 30.1 Å². The number of halogens is 4. The van der Waals surface area contributed by atoms with Crippen LogP contribution in [0.2, 0.25) is 0 Å². The second-order valence-electron chi connectivity index (χ2n) is 2.88. The van der Waals surface area contributed by atoms with E-state index in [1.807, 2.05) is 0 Å². The summed E-state index contributed by atoms with van der Waals surface area (Å²) in [5.74, 6) is 0. The molecule has 90 valence electrons. The van der Waals surface area contributed by atoms with Crippen LogP contribution < -0.4 is 28.5 Å². The van der Waals surface area contributed by atoms with Crippen molar-refractivity contribution in [1.82, 2.24) is 0 Å². The Hall–Kier alpha value is -0.860. The zero-order chi connectivity index (χ0) is 11.5. The number of aromatic nitrogens is 1. The Morgan fingerprint density at radius 2 is 2.06 bits per heavy atom. The van der Waals surface area contributed by atoms with Crippen LogP contribution in [0.5, 0.6) is 0 Å². The lowest BCUT2D eigenvalue weighted by molar-refractivity contribution is -0.671. The number of alkyl halides is 3. The lowest BCUT2D eigenvalue weighted by atomic mass is 10.2. The van der Waals surface area contributed by atoms with Crippen molar-refractivity contribution in [3.63, 3.8) is 0 Å². The quantitative estimate of drug-likeness (QED) is 0.275. The summed E-state index contributed by atoms with van der Waals surface area (Å²) >= 11 is 0. The van der Waals surface area contributed by atoms with Gasteiger partial charge in [-0.15, -0.1) is 0 Å². The predicted octanol–water partition coefficient (Wildman–Crippen LogP) is -1.57. The summed E-state index contributed by atoms with van der Waals surface area (Å²) in [7, 11) is 2.71. The molecule has 1 rings (SSSR count). The van der Waals surface area contributed by atoms with Crippen LogP contribution in [0.25, 0.3) is 0 Å². The van der Waals surface area contributed by atoms with E-state index >= 15 is 0 Å². The molecule has 0 aromatic carbocycles. The summed E-state index contributed by atoms with van der Waals surface area (Å²) in [4.78, 5) is 4.18. The molecule has 0 fully saturated rings. The van der Waals surface area contributed by atoms with Crippen LogP contribution in [0, 0.1) is 0 Å². The van der Waals surface area contributed by atoms with Crippen molar-refractivity contribution in [2.45, 2.75) is 6.18 Å². The maximum Gasteiger partial charge on any atom is 0.437 e. The van der Waals surface area contributed by atoms with Crippen molar-refractivity contribution in [1.29, 1.82) is 0 Å². The molecule has 1 aromatic rings. The monoisotopic (exact) mass is 346 g/mol. The average molecular weight is 346 g/mol. The Bertz CT molecular complexity index is 379. The molecule has 0 aliphatic carbocycles. The number of oxime groups is 1. The number of rotatable bonds is 2. The molecule has 0 N–H and O–H groups in total. The molecule has 0 saturated heterocycles. The minimum atomic E-state index is -4.52. The van der Waals surface area contributed by atoms with Crippen LogP contribution >= 0.6 is 0 Å². The van der Waals surface area contributed by atoms with E-state index in [-0.39, 0.29) is 29.5 Å². The van der Waals surface area contributed by atoms with E-state index in [9.17, 15) is 13.2 Å². The molecule has 16 heavy (non-hydrogen) atoms. The molecule has 7 heteroatoms. The van der Waals surface area contributed by atoms with Crippen molar-refractivity contribution >= 4 is 5.71 Å². The molecule has 0 bridgehead atoms. The molecular formula is C9H10F3IN2O. The Balaban J connectivity index is 0.00000225. The zero-order valence-corrected chi connectivity index (χ0v) is 10.8. The third kappa shape index (κ3) is 3.95. The van der Waals surface area contributed by atoms with Gasteiger partial charge in [-0.1, -0.05) is 5.16 Å². The molecule has 3 nitrogen and oxygen atoms in total.